The lowest BCUT2D eigenvalue weighted by Gasteiger charge is -2.45. The SMILES string of the molecule is O=C1[C@@H]2C3c4ccccc4C(c4ccccc43)[C@H]2C(=O)N1c1ccc(Br)cn1. The van der Waals surface area contributed by atoms with Gasteiger partial charge in [0.1, 0.15) is 5.82 Å². The van der Waals surface area contributed by atoms with Crippen molar-refractivity contribution in [2.45, 2.75) is 11.8 Å². The number of aromatic nitrogens is 1. The van der Waals surface area contributed by atoms with Gasteiger partial charge in [0, 0.05) is 22.5 Å². The van der Waals surface area contributed by atoms with Gasteiger partial charge in [-0.05, 0) is 50.3 Å². The predicted octanol–water partition coefficient (Wildman–Crippen LogP) is 4.24. The molecule has 3 aliphatic carbocycles. The van der Waals surface area contributed by atoms with E-state index < -0.39 is 0 Å². The van der Waals surface area contributed by atoms with E-state index in [0.29, 0.717) is 5.82 Å². The van der Waals surface area contributed by atoms with E-state index >= 15 is 0 Å². The molecule has 2 atom stereocenters. The molecule has 1 aromatic heterocycles. The molecule has 0 unspecified atom stereocenters. The minimum atomic E-state index is -0.368. The number of anilines is 1. The van der Waals surface area contributed by atoms with Crippen molar-refractivity contribution in [3.63, 3.8) is 0 Å². The van der Waals surface area contributed by atoms with E-state index in [2.05, 4.69) is 45.2 Å². The summed E-state index contributed by atoms with van der Waals surface area (Å²) in [5.41, 5.74) is 4.72. The van der Waals surface area contributed by atoms with Crippen molar-refractivity contribution in [1.29, 1.82) is 0 Å². The molecule has 2 aromatic carbocycles. The van der Waals surface area contributed by atoms with Gasteiger partial charge in [0.05, 0.1) is 11.8 Å². The third-order valence-electron chi connectivity index (χ3n) is 6.39. The van der Waals surface area contributed by atoms with Gasteiger partial charge in [0.2, 0.25) is 11.8 Å². The van der Waals surface area contributed by atoms with Crippen LogP contribution in [-0.2, 0) is 9.59 Å². The lowest BCUT2D eigenvalue weighted by Crippen LogP contribution is -2.41. The third-order valence-corrected chi connectivity index (χ3v) is 6.86. The Hall–Kier alpha value is -2.79. The van der Waals surface area contributed by atoms with Crippen molar-refractivity contribution in [2.24, 2.45) is 11.8 Å². The zero-order chi connectivity index (χ0) is 19.0. The maximum atomic E-state index is 13.5. The summed E-state index contributed by atoms with van der Waals surface area (Å²) in [7, 11) is 0. The van der Waals surface area contributed by atoms with Crippen LogP contribution in [0.2, 0.25) is 0 Å². The minimum Gasteiger partial charge on any atom is -0.274 e. The Labute approximate surface area is 170 Å². The van der Waals surface area contributed by atoms with Crippen molar-refractivity contribution in [3.05, 3.63) is 93.6 Å². The molecule has 4 aliphatic rings. The summed E-state index contributed by atoms with van der Waals surface area (Å²) in [5, 5.41) is 0. The van der Waals surface area contributed by atoms with Crippen molar-refractivity contribution in [2.75, 3.05) is 4.90 Å². The number of pyridine rings is 1. The van der Waals surface area contributed by atoms with E-state index in [1.165, 1.54) is 27.2 Å². The largest absolute Gasteiger partial charge is 0.274 e. The van der Waals surface area contributed by atoms with Crippen LogP contribution in [0.25, 0.3) is 0 Å². The number of rotatable bonds is 1. The quantitative estimate of drug-likeness (QED) is 0.542. The lowest BCUT2D eigenvalue weighted by molar-refractivity contribution is -0.122. The third kappa shape index (κ3) is 1.92. The summed E-state index contributed by atoms with van der Waals surface area (Å²) in [4.78, 5) is 32.6. The first-order valence-corrected chi connectivity index (χ1v) is 10.1. The van der Waals surface area contributed by atoms with E-state index in [-0.39, 0.29) is 35.5 Å². The van der Waals surface area contributed by atoms with E-state index in [9.17, 15) is 9.59 Å². The lowest BCUT2D eigenvalue weighted by atomic mass is 9.55. The number of imide groups is 1. The zero-order valence-electron chi connectivity index (χ0n) is 14.7. The number of halogens is 1. The topological polar surface area (TPSA) is 50.3 Å². The van der Waals surface area contributed by atoms with Gasteiger partial charge < -0.3 is 0 Å². The second kappa shape index (κ2) is 5.61. The first-order valence-electron chi connectivity index (χ1n) is 9.34. The predicted molar refractivity (Wildman–Crippen MR) is 108 cm³/mol. The minimum absolute atomic E-state index is 0.0840. The molecule has 5 heteroatoms. The highest BCUT2D eigenvalue weighted by molar-refractivity contribution is 9.10. The van der Waals surface area contributed by atoms with Gasteiger partial charge in [-0.3, -0.25) is 9.59 Å². The second-order valence-electron chi connectivity index (χ2n) is 7.61. The Kier molecular flexibility index (Phi) is 3.24. The van der Waals surface area contributed by atoms with Crippen LogP contribution in [0.3, 0.4) is 0 Å². The summed E-state index contributed by atoms with van der Waals surface area (Å²) in [6.45, 7) is 0. The second-order valence-corrected chi connectivity index (χ2v) is 8.53. The molecule has 0 spiro atoms. The molecule has 136 valence electrons. The Morgan fingerprint density at radius 3 is 1.57 bits per heavy atom. The average molecular weight is 431 g/mol. The van der Waals surface area contributed by atoms with Gasteiger partial charge in [-0.2, -0.15) is 0 Å². The molecular weight excluding hydrogens is 416 g/mol. The number of benzene rings is 2. The Morgan fingerprint density at radius 1 is 0.714 bits per heavy atom. The maximum Gasteiger partial charge on any atom is 0.239 e. The number of hydrogen-bond acceptors (Lipinski definition) is 3. The molecule has 2 bridgehead atoms. The van der Waals surface area contributed by atoms with Crippen LogP contribution in [0, 0.1) is 11.8 Å². The molecule has 7 rings (SSSR count). The van der Waals surface area contributed by atoms with Crippen molar-refractivity contribution in [1.82, 2.24) is 4.98 Å². The molecule has 0 saturated carbocycles. The number of carbonyl (C=O) groups is 2. The van der Waals surface area contributed by atoms with Gasteiger partial charge in [0.25, 0.3) is 0 Å². The van der Waals surface area contributed by atoms with Crippen LogP contribution in [0.4, 0.5) is 5.82 Å². The van der Waals surface area contributed by atoms with Crippen LogP contribution in [0.5, 0.6) is 0 Å². The van der Waals surface area contributed by atoms with E-state index in [1.54, 1.807) is 12.3 Å². The van der Waals surface area contributed by atoms with Crippen molar-refractivity contribution in [3.8, 4) is 0 Å². The van der Waals surface area contributed by atoms with E-state index in [0.717, 1.165) is 4.47 Å². The van der Waals surface area contributed by atoms with Crippen molar-refractivity contribution >= 4 is 33.6 Å². The fourth-order valence-corrected chi connectivity index (χ4v) is 5.64. The van der Waals surface area contributed by atoms with Crippen LogP contribution in [0.1, 0.15) is 34.1 Å². The van der Waals surface area contributed by atoms with Crippen LogP contribution < -0.4 is 4.90 Å². The van der Waals surface area contributed by atoms with Crippen molar-refractivity contribution < 1.29 is 9.59 Å². The maximum absolute atomic E-state index is 13.5. The number of amides is 2. The van der Waals surface area contributed by atoms with Crippen LogP contribution in [0.15, 0.2) is 71.3 Å². The van der Waals surface area contributed by atoms with Gasteiger partial charge >= 0.3 is 0 Å². The van der Waals surface area contributed by atoms with Gasteiger partial charge in [-0.1, -0.05) is 48.5 Å². The molecule has 0 radical (unpaired) electrons. The fourth-order valence-electron chi connectivity index (χ4n) is 5.40. The highest BCUT2D eigenvalue weighted by atomic mass is 79.9. The number of nitrogens with zero attached hydrogens (tertiary/aromatic N) is 2. The monoisotopic (exact) mass is 430 g/mol. The molecule has 1 fully saturated rings. The van der Waals surface area contributed by atoms with E-state index in [4.69, 9.17) is 0 Å². The normalized spacial score (nSPS) is 26.8. The molecule has 1 aliphatic heterocycles. The Balaban J connectivity index is 1.57. The Bertz CT molecular complexity index is 1040. The molecule has 2 heterocycles. The molecule has 28 heavy (non-hydrogen) atoms. The van der Waals surface area contributed by atoms with Gasteiger partial charge in [0.15, 0.2) is 0 Å². The van der Waals surface area contributed by atoms with E-state index in [1.807, 2.05) is 30.3 Å². The van der Waals surface area contributed by atoms with Gasteiger partial charge in [-0.15, -0.1) is 0 Å². The summed E-state index contributed by atoms with van der Waals surface area (Å²) in [5.74, 6) is -0.771. The first-order chi connectivity index (χ1) is 13.7. The summed E-state index contributed by atoms with van der Waals surface area (Å²) >= 11 is 3.36. The zero-order valence-corrected chi connectivity index (χ0v) is 16.3. The molecule has 0 N–H and O–H groups in total. The highest BCUT2D eigenvalue weighted by Crippen LogP contribution is 2.61. The molecular formula is C23H15BrN2O2. The average Bonchev–Trinajstić information content (AvgIpc) is 3.00. The molecule has 4 nitrogen and oxygen atoms in total. The van der Waals surface area contributed by atoms with Gasteiger partial charge in [-0.25, -0.2) is 9.88 Å². The highest BCUT2D eigenvalue weighted by Gasteiger charge is 2.61. The molecule has 2 amide bonds. The number of carbonyl (C=O) groups excluding carboxylic acids is 2. The fraction of sp³-hybridized carbons (Fsp3) is 0.174. The first kappa shape index (κ1) is 16.2. The smallest absolute Gasteiger partial charge is 0.239 e. The summed E-state index contributed by atoms with van der Waals surface area (Å²) in [6.07, 6.45) is 1.62. The Morgan fingerprint density at radius 2 is 1.18 bits per heavy atom. The summed E-state index contributed by atoms with van der Waals surface area (Å²) in [6, 6.07) is 20.0. The van der Waals surface area contributed by atoms with Crippen LogP contribution in [-0.4, -0.2) is 16.8 Å². The standard InChI is InChI=1S/C23H15BrN2O2/c24-12-9-10-17(25-11-12)26-22(27)20-18-13-5-1-2-6-14(13)19(21(20)23(26)28)16-8-4-3-7-15(16)18/h1-11,18-21H/t18?,19?,20-,21-/m1/s1. The number of hydrogen-bond donors (Lipinski definition) is 0. The summed E-state index contributed by atoms with van der Waals surface area (Å²) < 4.78 is 0.813. The molecule has 3 aromatic rings. The molecule has 1 saturated heterocycles. The van der Waals surface area contributed by atoms with Crippen LogP contribution >= 0.6 is 15.9 Å².